The Morgan fingerprint density at radius 2 is 2.15 bits per heavy atom. The number of aromatic nitrogens is 4. The van der Waals surface area contributed by atoms with Crippen LogP contribution in [0.15, 0.2) is 41.5 Å². The van der Waals surface area contributed by atoms with Gasteiger partial charge in [-0.3, -0.25) is 14.3 Å². The summed E-state index contributed by atoms with van der Waals surface area (Å²) in [5.74, 6) is -0.243. The number of fused-ring (bicyclic) bond motifs is 1. The van der Waals surface area contributed by atoms with Crippen LogP contribution >= 0.6 is 0 Å². The summed E-state index contributed by atoms with van der Waals surface area (Å²) in [5.41, 5.74) is 6.69. The number of nitrogens with two attached hydrogens (primary N) is 1. The second kappa shape index (κ2) is 7.10. The number of ether oxygens (including phenoxy) is 2. The standard InChI is InChI=1S/C18H21N5O4/c1-10-12(8-26-7-11-5-3-2-4-6-11)14(24)17(27-10)23-9-20-13-15(23)21-18(19)22-16(13)25/h2-6,9-10,12,14,17,24H,7-8H2,1H3,(H3,19,21,22,25)/t10-,12-,14-,17?/m1/s1. The van der Waals surface area contributed by atoms with Crippen molar-refractivity contribution < 1.29 is 14.6 Å². The predicted molar refractivity (Wildman–Crippen MR) is 97.7 cm³/mol. The smallest absolute Gasteiger partial charge is 0.280 e. The average Bonchev–Trinajstić information content (AvgIpc) is 3.18. The van der Waals surface area contributed by atoms with E-state index in [0.29, 0.717) is 13.2 Å². The molecule has 142 valence electrons. The first kappa shape index (κ1) is 17.7. The van der Waals surface area contributed by atoms with Crippen molar-refractivity contribution in [3.63, 3.8) is 0 Å². The zero-order chi connectivity index (χ0) is 19.0. The molecule has 9 heteroatoms. The van der Waals surface area contributed by atoms with Gasteiger partial charge in [0.2, 0.25) is 5.95 Å². The highest BCUT2D eigenvalue weighted by atomic mass is 16.5. The minimum absolute atomic E-state index is 0.0162. The van der Waals surface area contributed by atoms with Gasteiger partial charge in [-0.2, -0.15) is 4.98 Å². The fourth-order valence-corrected chi connectivity index (χ4v) is 3.37. The molecule has 27 heavy (non-hydrogen) atoms. The molecule has 0 aliphatic carbocycles. The van der Waals surface area contributed by atoms with Crippen molar-refractivity contribution in [3.05, 3.63) is 52.6 Å². The molecule has 4 rings (SSSR count). The van der Waals surface area contributed by atoms with E-state index in [0.717, 1.165) is 5.56 Å². The van der Waals surface area contributed by atoms with Crippen LogP contribution in [-0.2, 0) is 16.1 Å². The topological polar surface area (TPSA) is 128 Å². The Hall–Kier alpha value is -2.75. The molecule has 4 N–H and O–H groups in total. The number of benzene rings is 1. The lowest BCUT2D eigenvalue weighted by molar-refractivity contribution is -0.0299. The monoisotopic (exact) mass is 371 g/mol. The van der Waals surface area contributed by atoms with Gasteiger partial charge in [0.15, 0.2) is 17.4 Å². The van der Waals surface area contributed by atoms with Gasteiger partial charge in [-0.25, -0.2) is 4.98 Å². The third-order valence-electron chi connectivity index (χ3n) is 4.83. The molecule has 0 bridgehead atoms. The summed E-state index contributed by atoms with van der Waals surface area (Å²) in [4.78, 5) is 22.5. The van der Waals surface area contributed by atoms with E-state index in [1.807, 2.05) is 37.3 Å². The molecule has 1 aliphatic rings. The largest absolute Gasteiger partial charge is 0.388 e. The molecule has 0 radical (unpaired) electrons. The lowest BCUT2D eigenvalue weighted by Gasteiger charge is -2.19. The lowest BCUT2D eigenvalue weighted by atomic mass is 10.00. The van der Waals surface area contributed by atoms with Gasteiger partial charge < -0.3 is 20.3 Å². The average molecular weight is 371 g/mol. The Bertz CT molecular complexity index is 986. The fraction of sp³-hybridized carbons (Fsp3) is 0.389. The molecule has 0 saturated carbocycles. The summed E-state index contributed by atoms with van der Waals surface area (Å²) < 4.78 is 13.2. The van der Waals surface area contributed by atoms with Crippen molar-refractivity contribution in [1.29, 1.82) is 0 Å². The molecule has 3 heterocycles. The Balaban J connectivity index is 1.50. The first-order chi connectivity index (χ1) is 13.0. The van der Waals surface area contributed by atoms with Crippen LogP contribution in [-0.4, -0.2) is 43.4 Å². The molecular formula is C18H21N5O4. The summed E-state index contributed by atoms with van der Waals surface area (Å²) in [5, 5.41) is 10.8. The molecule has 1 aromatic carbocycles. The highest BCUT2D eigenvalue weighted by Gasteiger charge is 2.43. The third-order valence-corrected chi connectivity index (χ3v) is 4.83. The first-order valence-electron chi connectivity index (χ1n) is 8.72. The van der Waals surface area contributed by atoms with E-state index in [1.54, 1.807) is 4.57 Å². The summed E-state index contributed by atoms with van der Waals surface area (Å²) in [6.45, 7) is 2.69. The van der Waals surface area contributed by atoms with E-state index in [1.165, 1.54) is 6.33 Å². The Morgan fingerprint density at radius 1 is 1.37 bits per heavy atom. The second-order valence-electron chi connectivity index (χ2n) is 6.66. The maximum atomic E-state index is 11.9. The van der Waals surface area contributed by atoms with Crippen LogP contribution in [0.2, 0.25) is 0 Å². The van der Waals surface area contributed by atoms with E-state index in [9.17, 15) is 9.90 Å². The Labute approximate surface area is 154 Å². The van der Waals surface area contributed by atoms with Crippen molar-refractivity contribution in [1.82, 2.24) is 19.5 Å². The number of hydrogen-bond donors (Lipinski definition) is 3. The van der Waals surface area contributed by atoms with Gasteiger partial charge in [0.05, 0.1) is 25.6 Å². The number of nitrogen functional groups attached to an aromatic ring is 1. The van der Waals surface area contributed by atoms with Crippen molar-refractivity contribution in [3.8, 4) is 0 Å². The maximum Gasteiger partial charge on any atom is 0.280 e. The molecule has 0 spiro atoms. The quantitative estimate of drug-likeness (QED) is 0.605. The van der Waals surface area contributed by atoms with Crippen molar-refractivity contribution in [2.75, 3.05) is 12.3 Å². The molecular weight excluding hydrogens is 350 g/mol. The van der Waals surface area contributed by atoms with Gasteiger partial charge in [-0.05, 0) is 12.5 Å². The van der Waals surface area contributed by atoms with Gasteiger partial charge in [-0.1, -0.05) is 30.3 Å². The molecule has 4 atom stereocenters. The number of aromatic amines is 1. The number of rotatable bonds is 5. The molecule has 1 fully saturated rings. The minimum atomic E-state index is -0.838. The van der Waals surface area contributed by atoms with Gasteiger partial charge in [0, 0.05) is 5.92 Å². The highest BCUT2D eigenvalue weighted by molar-refractivity contribution is 5.70. The predicted octanol–water partition coefficient (Wildman–Crippen LogP) is 0.813. The van der Waals surface area contributed by atoms with E-state index < -0.39 is 17.9 Å². The zero-order valence-electron chi connectivity index (χ0n) is 14.8. The van der Waals surface area contributed by atoms with Gasteiger partial charge in [0.1, 0.15) is 6.10 Å². The van der Waals surface area contributed by atoms with Crippen LogP contribution in [0.4, 0.5) is 5.95 Å². The molecule has 3 aromatic rings. The van der Waals surface area contributed by atoms with E-state index >= 15 is 0 Å². The molecule has 0 amide bonds. The zero-order valence-corrected chi connectivity index (χ0v) is 14.8. The second-order valence-corrected chi connectivity index (χ2v) is 6.66. The SMILES string of the molecule is C[C@H]1OC(n2cnc3c(=O)[nH]c(N)nc32)[C@H](O)[C@@H]1COCc1ccccc1. The van der Waals surface area contributed by atoms with Crippen LogP contribution in [0.25, 0.3) is 11.2 Å². The summed E-state index contributed by atoms with van der Waals surface area (Å²) >= 11 is 0. The number of nitrogens with one attached hydrogen (secondary N) is 1. The Morgan fingerprint density at radius 3 is 2.93 bits per heavy atom. The normalized spacial score (nSPS) is 25.3. The first-order valence-corrected chi connectivity index (χ1v) is 8.72. The van der Waals surface area contributed by atoms with Crippen molar-refractivity contribution in [2.45, 2.75) is 32.0 Å². The van der Waals surface area contributed by atoms with Crippen molar-refractivity contribution >= 4 is 17.1 Å². The molecule has 9 nitrogen and oxygen atoms in total. The van der Waals surface area contributed by atoms with Gasteiger partial charge >= 0.3 is 0 Å². The van der Waals surface area contributed by atoms with Gasteiger partial charge in [0.25, 0.3) is 5.56 Å². The van der Waals surface area contributed by atoms with Crippen LogP contribution in [0.5, 0.6) is 0 Å². The number of aliphatic hydroxyl groups is 1. The number of nitrogens with zero attached hydrogens (tertiary/aromatic N) is 3. The number of H-pyrrole nitrogens is 1. The fourth-order valence-electron chi connectivity index (χ4n) is 3.37. The minimum Gasteiger partial charge on any atom is -0.388 e. The molecule has 2 aromatic heterocycles. The number of hydrogen-bond acceptors (Lipinski definition) is 7. The molecule has 1 saturated heterocycles. The number of anilines is 1. The molecule has 1 unspecified atom stereocenters. The lowest BCUT2D eigenvalue weighted by Crippen LogP contribution is -2.29. The van der Waals surface area contributed by atoms with Crippen LogP contribution in [0.3, 0.4) is 0 Å². The number of aliphatic hydroxyl groups excluding tert-OH is 1. The van der Waals surface area contributed by atoms with Crippen molar-refractivity contribution in [2.24, 2.45) is 5.92 Å². The third kappa shape index (κ3) is 3.32. The van der Waals surface area contributed by atoms with Crippen LogP contribution < -0.4 is 11.3 Å². The van der Waals surface area contributed by atoms with Crippen LogP contribution in [0.1, 0.15) is 18.7 Å². The molecule has 1 aliphatic heterocycles. The van der Waals surface area contributed by atoms with E-state index in [4.69, 9.17) is 15.2 Å². The van der Waals surface area contributed by atoms with Gasteiger partial charge in [-0.15, -0.1) is 0 Å². The Kier molecular flexibility index (Phi) is 4.65. The summed E-state index contributed by atoms with van der Waals surface area (Å²) in [6, 6.07) is 9.83. The highest BCUT2D eigenvalue weighted by Crippen LogP contribution is 2.35. The van der Waals surface area contributed by atoms with E-state index in [2.05, 4.69) is 15.0 Å². The van der Waals surface area contributed by atoms with Crippen LogP contribution in [0, 0.1) is 5.92 Å². The summed E-state index contributed by atoms with van der Waals surface area (Å²) in [6.07, 6.45) is -0.364. The summed E-state index contributed by atoms with van der Waals surface area (Å²) in [7, 11) is 0. The maximum absolute atomic E-state index is 11.9. The number of imidazole rings is 1. The van der Waals surface area contributed by atoms with E-state index in [-0.39, 0.29) is 29.1 Å².